The Morgan fingerprint density at radius 1 is 0.326 bits per heavy atom. The van der Waals surface area contributed by atoms with E-state index in [1.54, 1.807) is 7.11 Å². The number of aliphatic imine (C=N–C) groups is 3. The monoisotopic (exact) mass is 1230 g/mol. The van der Waals surface area contributed by atoms with Gasteiger partial charge in [-0.2, -0.15) is 0 Å². The Hall–Kier alpha value is -5.90. The summed E-state index contributed by atoms with van der Waals surface area (Å²) in [4.78, 5) is 68.5. The summed E-state index contributed by atoms with van der Waals surface area (Å²) < 4.78 is 23.7. The number of carbonyl (C=O) groups is 5. The lowest BCUT2D eigenvalue weighted by Crippen LogP contribution is -2.26. The molecule has 0 atom stereocenters. The molecule has 0 aromatic carbocycles. The molecule has 0 heterocycles. The molecule has 0 bridgehead atoms. The van der Waals surface area contributed by atoms with Crippen LogP contribution in [-0.4, -0.2) is 147 Å². The molecule has 0 unspecified atom stereocenters. The van der Waals surface area contributed by atoms with Gasteiger partial charge in [-0.15, -0.1) is 0 Å². The number of amidine groups is 3. The summed E-state index contributed by atoms with van der Waals surface area (Å²) in [6.45, 7) is 26.1. The molecule has 86 heavy (non-hydrogen) atoms. The second kappa shape index (κ2) is 68.2. The Balaban J connectivity index is -0.000000232. The lowest BCUT2D eigenvalue weighted by Gasteiger charge is -2.07. The van der Waals surface area contributed by atoms with Crippen LogP contribution in [0.25, 0.3) is 0 Å². The highest BCUT2D eigenvalue weighted by Crippen LogP contribution is 2.08. The van der Waals surface area contributed by atoms with Gasteiger partial charge in [-0.3, -0.25) is 34.8 Å². The Bertz CT molecular complexity index is 1750. The van der Waals surface area contributed by atoms with Crippen molar-refractivity contribution in [1.82, 2.24) is 26.6 Å². The van der Waals surface area contributed by atoms with E-state index in [1.165, 1.54) is 34.9 Å². The van der Waals surface area contributed by atoms with Crippen LogP contribution in [-0.2, 0) is 47.7 Å². The number of methoxy groups -OCH3 is 5. The fourth-order valence-corrected chi connectivity index (χ4v) is 7.11. The molecule has 0 rings (SSSR count). The zero-order valence-electron chi connectivity index (χ0n) is 56.2. The number of unbranched alkanes of at least 4 members (excludes halogenated alkanes) is 12. The number of hydrogen-bond donors (Lipinski definition) is 10. The molecular formula is C63H131N13O10. The van der Waals surface area contributed by atoms with E-state index >= 15 is 0 Å². The molecule has 0 aromatic heterocycles. The van der Waals surface area contributed by atoms with Crippen molar-refractivity contribution in [3.8, 4) is 0 Å². The lowest BCUT2D eigenvalue weighted by molar-refractivity contribution is -0.122. The highest BCUT2D eigenvalue weighted by molar-refractivity contribution is 5.78. The Morgan fingerprint density at radius 2 is 0.523 bits per heavy atom. The first-order chi connectivity index (χ1) is 40.3. The number of nitrogens with two attached hydrogens (primary N) is 3. The Kier molecular flexibility index (Phi) is 72.4. The molecule has 0 aliphatic rings. The average Bonchev–Trinajstić information content (AvgIpc) is 3.44. The molecule has 0 fully saturated rings. The second-order valence-corrected chi connectivity index (χ2v) is 22.8. The summed E-state index contributed by atoms with van der Waals surface area (Å²) in [5.74, 6) is 3.50. The number of rotatable bonds is 42. The van der Waals surface area contributed by atoms with Crippen LogP contribution in [0.3, 0.4) is 0 Å². The van der Waals surface area contributed by atoms with E-state index in [0.29, 0.717) is 99.5 Å². The van der Waals surface area contributed by atoms with Crippen molar-refractivity contribution in [2.75, 3.05) is 87.9 Å². The van der Waals surface area contributed by atoms with Crippen LogP contribution >= 0.6 is 0 Å². The molecule has 0 saturated carbocycles. The van der Waals surface area contributed by atoms with Crippen molar-refractivity contribution in [2.24, 2.45) is 61.8 Å². The van der Waals surface area contributed by atoms with Gasteiger partial charge in [0, 0.05) is 97.3 Å². The van der Waals surface area contributed by atoms with Gasteiger partial charge in [0.2, 0.25) is 29.5 Å². The van der Waals surface area contributed by atoms with E-state index in [-0.39, 0.29) is 55.0 Å². The van der Waals surface area contributed by atoms with Crippen LogP contribution in [0.5, 0.6) is 0 Å². The topological polar surface area (TPSA) is 354 Å². The summed E-state index contributed by atoms with van der Waals surface area (Å²) in [7, 11) is 7.56. The quantitative estimate of drug-likeness (QED) is 0.0155. The zero-order valence-corrected chi connectivity index (χ0v) is 56.2. The summed E-state index contributed by atoms with van der Waals surface area (Å²) in [5, 5.41) is 29.1. The number of nitrogens with zero attached hydrogens (tertiary/aromatic N) is 3. The number of nitrogens with one attached hydrogen (secondary N) is 7. The highest BCUT2D eigenvalue weighted by Gasteiger charge is 2.07. The fraction of sp³-hybridized carbons (Fsp3) is 0.841. The van der Waals surface area contributed by atoms with Gasteiger partial charge in [0.05, 0.1) is 35.5 Å². The Morgan fingerprint density at radius 3 is 0.767 bits per heavy atom. The third-order valence-electron chi connectivity index (χ3n) is 11.7. The van der Waals surface area contributed by atoms with Gasteiger partial charge in [-0.05, 0) is 93.8 Å². The van der Waals surface area contributed by atoms with Gasteiger partial charge < -0.3 is 67.5 Å². The first-order valence-electron chi connectivity index (χ1n) is 31.4. The first-order valence-corrected chi connectivity index (χ1v) is 31.4. The molecule has 0 aliphatic heterocycles. The SMILES string of the molecule is C.COC(=N)CCCCCCCNC(=O)CC(C)C.COC(=N)CCCCCNC(=O)CC(C)C.COC(N)=NCCCCCCCNC(=O)CC(C)C.COC(N)=NCCCCCNC(=O)CC(C)C.COC(N)=NCCCNC(=O)CC(C)C. The van der Waals surface area contributed by atoms with Crippen LogP contribution in [0.15, 0.2) is 15.0 Å². The maximum atomic E-state index is 11.4. The molecule has 13 N–H and O–H groups in total. The largest absolute Gasteiger partial charge is 0.484 e. The third kappa shape index (κ3) is 84.6. The standard InChI is InChI=1S/C14H29N3O2.C14H28N2O2.C12H25N3O2.C12H24N2O2.C10H21N3O2.CH4/c1-12(2)11-13(18)16-9-7-5-4-6-8-10-17-14(15)19-3;1-12(2)11-14(17)16-10-8-6-4-5-7-9-13(15)18-3;1-10(2)9-11(16)14-7-5-4-6-8-15-12(13)17-3;1-10(2)9-12(15)14-8-6-4-5-7-11(13)16-3;1-8(2)7-9(14)12-5-4-6-13-10(11)15-3;/h12H,4-11H2,1-3H3,(H2,15,17)(H,16,18);12,15H,4-11H2,1-3H3,(H,16,17);10H,4-9H2,1-3H3,(H2,13,15)(H,14,16);10,13H,4-9H2,1-3H3,(H,14,15);8H,4-7H2,1-3H3,(H2,11,13)(H,12,14);1H4. The summed E-state index contributed by atoms with van der Waals surface area (Å²) in [5.41, 5.74) is 16.1. The molecule has 508 valence electrons. The summed E-state index contributed by atoms with van der Waals surface area (Å²) >= 11 is 0. The highest BCUT2D eigenvalue weighted by atomic mass is 16.5. The summed E-state index contributed by atoms with van der Waals surface area (Å²) in [6.07, 6.45) is 22.2. The van der Waals surface area contributed by atoms with Gasteiger partial charge in [0.25, 0.3) is 18.1 Å². The molecule has 5 amide bonds. The molecule has 23 heteroatoms. The fourth-order valence-electron chi connectivity index (χ4n) is 7.11. The molecule has 0 aliphatic carbocycles. The molecule has 0 aromatic rings. The van der Waals surface area contributed by atoms with Gasteiger partial charge in [0.15, 0.2) is 11.8 Å². The van der Waals surface area contributed by atoms with Gasteiger partial charge in [-0.25, -0.2) is 15.0 Å². The van der Waals surface area contributed by atoms with E-state index in [0.717, 1.165) is 142 Å². The van der Waals surface area contributed by atoms with Crippen LogP contribution in [0.2, 0.25) is 0 Å². The predicted molar refractivity (Wildman–Crippen MR) is 357 cm³/mol. The smallest absolute Gasteiger partial charge is 0.281 e. The number of amides is 5. The van der Waals surface area contributed by atoms with E-state index in [1.807, 2.05) is 41.5 Å². The van der Waals surface area contributed by atoms with Crippen LogP contribution in [0.1, 0.15) is 231 Å². The average molecular weight is 1230 g/mol. The molecule has 0 radical (unpaired) electrons. The van der Waals surface area contributed by atoms with E-state index in [2.05, 4.69) is 74.0 Å². The van der Waals surface area contributed by atoms with Crippen molar-refractivity contribution in [3.05, 3.63) is 0 Å². The molecular weight excluding hydrogens is 1100 g/mol. The van der Waals surface area contributed by atoms with E-state index < -0.39 is 0 Å². The van der Waals surface area contributed by atoms with Crippen molar-refractivity contribution in [1.29, 1.82) is 10.8 Å². The van der Waals surface area contributed by atoms with Crippen molar-refractivity contribution in [3.63, 3.8) is 0 Å². The molecule has 0 spiro atoms. The van der Waals surface area contributed by atoms with E-state index in [4.69, 9.17) is 47.0 Å². The first kappa shape index (κ1) is 91.3. The van der Waals surface area contributed by atoms with Gasteiger partial charge in [-0.1, -0.05) is 122 Å². The number of ether oxygens (including phenoxy) is 5. The summed E-state index contributed by atoms with van der Waals surface area (Å²) in [6, 6.07) is 0.673. The third-order valence-corrected chi connectivity index (χ3v) is 11.7. The minimum absolute atomic E-state index is 0. The predicted octanol–water partition coefficient (Wildman–Crippen LogP) is 9.92. The number of hydrogen-bond acceptors (Lipinski definition) is 15. The lowest BCUT2D eigenvalue weighted by atomic mass is 10.1. The minimum atomic E-state index is 0. The van der Waals surface area contributed by atoms with Gasteiger partial charge >= 0.3 is 0 Å². The van der Waals surface area contributed by atoms with Crippen molar-refractivity contribution < 1.29 is 47.7 Å². The van der Waals surface area contributed by atoms with Crippen molar-refractivity contribution >= 4 is 59.4 Å². The second-order valence-electron chi connectivity index (χ2n) is 22.8. The van der Waals surface area contributed by atoms with Crippen LogP contribution in [0, 0.1) is 40.4 Å². The van der Waals surface area contributed by atoms with Crippen LogP contribution < -0.4 is 43.8 Å². The maximum absolute atomic E-state index is 11.4. The Labute approximate surface area is 523 Å². The molecule has 23 nitrogen and oxygen atoms in total. The zero-order chi connectivity index (χ0) is 65.5. The van der Waals surface area contributed by atoms with Gasteiger partial charge in [0.1, 0.15) is 0 Å². The number of carbonyl (C=O) groups excluding carboxylic acids is 5. The minimum Gasteiger partial charge on any atom is -0.484 e. The normalized spacial score (nSPS) is 11.0. The van der Waals surface area contributed by atoms with E-state index in [9.17, 15) is 24.0 Å². The van der Waals surface area contributed by atoms with Crippen LogP contribution in [0.4, 0.5) is 0 Å². The maximum Gasteiger partial charge on any atom is 0.281 e. The van der Waals surface area contributed by atoms with Crippen molar-refractivity contribution in [2.45, 2.75) is 231 Å². The molecule has 0 saturated heterocycles.